The largest absolute Gasteiger partial charge is 0.457 e. The highest BCUT2D eigenvalue weighted by atomic mass is 16.6. The molecule has 2 aliphatic heterocycles. The van der Waals surface area contributed by atoms with Crippen LogP contribution in [0.3, 0.4) is 0 Å². The Morgan fingerprint density at radius 3 is 0.867 bits per heavy atom. The average Bonchev–Trinajstić information content (AvgIpc) is 3.76. The van der Waals surface area contributed by atoms with Crippen molar-refractivity contribution in [2.45, 2.75) is 268 Å². The van der Waals surface area contributed by atoms with E-state index in [1.165, 1.54) is 154 Å². The summed E-state index contributed by atoms with van der Waals surface area (Å²) in [5, 5.41) is 57.4. The molecule has 12 nitrogen and oxygen atoms in total. The molecule has 0 aliphatic carbocycles. The second-order valence-corrected chi connectivity index (χ2v) is 17.5. The van der Waals surface area contributed by atoms with Crippen LogP contribution in [0.15, 0.2) is 0 Å². The summed E-state index contributed by atoms with van der Waals surface area (Å²) >= 11 is 0. The van der Waals surface area contributed by atoms with E-state index in [0.29, 0.717) is 12.8 Å². The molecule has 60 heavy (non-hydrogen) atoms. The number of unbranched alkanes of at least 4 members (excludes halogenated alkanes) is 28. The highest BCUT2D eigenvalue weighted by Gasteiger charge is 2.42. The summed E-state index contributed by atoms with van der Waals surface area (Å²) < 4.78 is 20.9. The lowest BCUT2D eigenvalue weighted by molar-refractivity contribution is -0.163. The van der Waals surface area contributed by atoms with E-state index >= 15 is 0 Å². The lowest BCUT2D eigenvalue weighted by atomic mass is 10.0. The monoisotopic (exact) mass is 861 g/mol. The van der Waals surface area contributed by atoms with Crippen molar-refractivity contribution in [1.29, 1.82) is 0 Å². The maximum atomic E-state index is 12.0. The number of hydrogen-bond acceptors (Lipinski definition) is 12. The van der Waals surface area contributed by atoms with Gasteiger partial charge in [0.1, 0.15) is 36.6 Å². The topological polar surface area (TPSA) is 192 Å². The molecule has 0 unspecified atom stereocenters. The molecule has 2 fully saturated rings. The molecule has 2 aliphatic rings. The van der Waals surface area contributed by atoms with Gasteiger partial charge in [-0.1, -0.05) is 194 Å². The first-order valence-corrected chi connectivity index (χ1v) is 24.8. The van der Waals surface area contributed by atoms with Gasteiger partial charge in [0.15, 0.2) is 12.2 Å². The van der Waals surface area contributed by atoms with Crippen LogP contribution in [0.1, 0.15) is 219 Å². The van der Waals surface area contributed by atoms with Gasteiger partial charge in [0, 0.05) is 12.8 Å². The van der Waals surface area contributed by atoms with Crippen LogP contribution in [0.5, 0.6) is 0 Å². The fourth-order valence-electron chi connectivity index (χ4n) is 8.06. The van der Waals surface area contributed by atoms with Gasteiger partial charge in [-0.15, -0.1) is 0 Å². The van der Waals surface area contributed by atoms with Crippen molar-refractivity contribution in [3.63, 3.8) is 0 Å². The van der Waals surface area contributed by atoms with Crippen LogP contribution in [0.2, 0.25) is 0 Å². The van der Waals surface area contributed by atoms with Crippen LogP contribution in [-0.4, -0.2) is 118 Å². The summed E-state index contributed by atoms with van der Waals surface area (Å²) in [6.45, 7) is 3.62. The number of aliphatic hydroxyl groups excluding tert-OH is 6. The highest BCUT2D eigenvalue weighted by molar-refractivity contribution is 5.70. The molecule has 2 heterocycles. The van der Waals surface area contributed by atoms with E-state index in [1.54, 1.807) is 0 Å². The van der Waals surface area contributed by atoms with Gasteiger partial charge in [-0.05, 0) is 12.8 Å². The fraction of sp³-hybridized carbons (Fsp3) is 0.958. The number of aliphatic hydroxyl groups is 6. The van der Waals surface area contributed by atoms with Crippen LogP contribution in [-0.2, 0) is 28.5 Å². The third kappa shape index (κ3) is 28.3. The highest BCUT2D eigenvalue weighted by Crippen LogP contribution is 2.22. The Morgan fingerprint density at radius 1 is 0.433 bits per heavy atom. The Morgan fingerprint density at radius 2 is 0.667 bits per heavy atom. The maximum absolute atomic E-state index is 12.0. The van der Waals surface area contributed by atoms with Crippen molar-refractivity contribution < 1.29 is 59.2 Å². The molecular weight excluding hydrogens is 769 g/mol. The van der Waals surface area contributed by atoms with E-state index in [9.17, 15) is 40.2 Å². The maximum Gasteiger partial charge on any atom is 0.306 e. The van der Waals surface area contributed by atoms with Gasteiger partial charge in [-0.25, -0.2) is 0 Å². The van der Waals surface area contributed by atoms with E-state index in [0.717, 1.165) is 38.5 Å². The molecule has 0 aromatic carbocycles. The van der Waals surface area contributed by atoms with Crippen molar-refractivity contribution in [2.24, 2.45) is 0 Å². The van der Waals surface area contributed by atoms with Crippen molar-refractivity contribution >= 4 is 11.9 Å². The van der Waals surface area contributed by atoms with Crippen LogP contribution in [0.4, 0.5) is 0 Å². The Balaban J connectivity index is 0.000000600. The van der Waals surface area contributed by atoms with Crippen LogP contribution in [0.25, 0.3) is 0 Å². The predicted octanol–water partition coefficient (Wildman–Crippen LogP) is 8.55. The standard InChI is InChI=1S/2C24H46O6/c2*1-2-3-4-5-6-7-8-9-10-11-12-13-14-15-16-17-22(27)30-21(18-25)24-23(28)20(26)19-29-24/h2*20-21,23-26,28H,2-19H2,1H3/t2*20-,21+,23+,24+/m00/s1. The number of rotatable bonds is 38. The van der Waals surface area contributed by atoms with Gasteiger partial charge in [0.25, 0.3) is 0 Å². The Kier molecular flexibility index (Phi) is 37.0. The Bertz CT molecular complexity index is 909. The van der Waals surface area contributed by atoms with Gasteiger partial charge < -0.3 is 49.6 Å². The van der Waals surface area contributed by atoms with Gasteiger partial charge in [0.2, 0.25) is 0 Å². The third-order valence-corrected chi connectivity index (χ3v) is 12.0. The third-order valence-electron chi connectivity index (χ3n) is 12.0. The lowest BCUT2D eigenvalue weighted by Crippen LogP contribution is -2.43. The molecule has 0 saturated carbocycles. The molecule has 2 rings (SSSR count). The number of carbonyl (C=O) groups excluding carboxylic acids is 2. The minimum atomic E-state index is -1.14. The lowest BCUT2D eigenvalue weighted by Gasteiger charge is -2.24. The van der Waals surface area contributed by atoms with E-state index in [2.05, 4.69) is 13.8 Å². The van der Waals surface area contributed by atoms with Gasteiger partial charge in [-0.3, -0.25) is 9.59 Å². The van der Waals surface area contributed by atoms with Crippen molar-refractivity contribution in [3.8, 4) is 0 Å². The molecule has 0 aromatic heterocycles. The summed E-state index contributed by atoms with van der Waals surface area (Å²) in [7, 11) is 0. The number of ether oxygens (including phenoxy) is 4. The minimum Gasteiger partial charge on any atom is -0.457 e. The van der Waals surface area contributed by atoms with Crippen LogP contribution >= 0.6 is 0 Å². The average molecular weight is 861 g/mol. The number of carbonyl (C=O) groups is 2. The molecule has 356 valence electrons. The van der Waals surface area contributed by atoms with Gasteiger partial charge in [-0.2, -0.15) is 0 Å². The SMILES string of the molecule is CCCCCCCCCCCCCCCCCC(=O)O[C@H](CO)[C@H]1OC[C@H](O)[C@H]1O.CCCCCCCCCCCCCCCCCC(=O)O[C@H](CO)[C@H]1OC[C@H](O)[C@H]1O. The van der Waals surface area contributed by atoms with Crippen molar-refractivity contribution in [2.75, 3.05) is 26.4 Å². The van der Waals surface area contributed by atoms with Crippen LogP contribution < -0.4 is 0 Å². The first-order chi connectivity index (χ1) is 29.2. The summed E-state index contributed by atoms with van der Waals surface area (Å²) in [5.74, 6) is -0.776. The summed E-state index contributed by atoms with van der Waals surface area (Å²) in [6.07, 6.45) is 30.9. The van der Waals surface area contributed by atoms with Crippen LogP contribution in [0, 0.1) is 0 Å². The molecule has 2 saturated heterocycles. The summed E-state index contributed by atoms with van der Waals surface area (Å²) in [5.41, 5.74) is 0. The molecule has 12 heteroatoms. The van der Waals surface area contributed by atoms with Gasteiger partial charge >= 0.3 is 11.9 Å². The first kappa shape index (κ1) is 56.6. The van der Waals surface area contributed by atoms with Gasteiger partial charge in [0.05, 0.1) is 26.4 Å². The fourth-order valence-corrected chi connectivity index (χ4v) is 8.06. The normalized spacial score (nSPS) is 22.3. The van der Waals surface area contributed by atoms with Crippen molar-refractivity contribution in [1.82, 2.24) is 0 Å². The molecule has 0 radical (unpaired) electrons. The molecule has 8 atom stereocenters. The molecule has 6 N–H and O–H groups in total. The Labute approximate surface area is 364 Å². The number of hydrogen-bond donors (Lipinski definition) is 6. The molecule has 0 bridgehead atoms. The summed E-state index contributed by atoms with van der Waals surface area (Å²) in [4.78, 5) is 23.9. The summed E-state index contributed by atoms with van der Waals surface area (Å²) in [6, 6.07) is 0. The second kappa shape index (κ2) is 39.2. The predicted molar refractivity (Wildman–Crippen MR) is 237 cm³/mol. The smallest absolute Gasteiger partial charge is 0.306 e. The van der Waals surface area contributed by atoms with E-state index < -0.39 is 62.0 Å². The zero-order chi connectivity index (χ0) is 44.1. The zero-order valence-electron chi connectivity index (χ0n) is 38.2. The molecule has 0 amide bonds. The molecule has 0 spiro atoms. The van der Waals surface area contributed by atoms with E-state index in [1.807, 2.05) is 0 Å². The van der Waals surface area contributed by atoms with E-state index in [-0.39, 0.29) is 25.2 Å². The first-order valence-electron chi connectivity index (χ1n) is 24.8. The molecule has 0 aromatic rings. The quantitative estimate of drug-likeness (QED) is 0.0257. The molecular formula is C48H92O12. The minimum absolute atomic E-state index is 0.0149. The Hall–Kier alpha value is -1.38. The zero-order valence-corrected chi connectivity index (χ0v) is 38.2. The van der Waals surface area contributed by atoms with E-state index in [4.69, 9.17) is 18.9 Å². The number of esters is 2. The van der Waals surface area contributed by atoms with Crippen molar-refractivity contribution in [3.05, 3.63) is 0 Å². The second-order valence-electron chi connectivity index (χ2n) is 17.5.